The molecular formula is C21H31N5O2. The second-order valence-electron chi connectivity index (χ2n) is 6.78. The summed E-state index contributed by atoms with van der Waals surface area (Å²) in [6.07, 6.45) is 7.08. The molecule has 1 fully saturated rings. The predicted octanol–water partition coefficient (Wildman–Crippen LogP) is 2.17. The van der Waals surface area contributed by atoms with Crippen molar-refractivity contribution in [1.82, 2.24) is 20.4 Å². The molecule has 0 amide bonds. The van der Waals surface area contributed by atoms with E-state index in [0.29, 0.717) is 0 Å². The SMILES string of the molecule is CCNC(=NCCCOC1CCOC1)NCCc1cnn(-c2ccccc2)c1. The molecule has 0 spiro atoms. The first-order valence-corrected chi connectivity index (χ1v) is 10.2. The largest absolute Gasteiger partial charge is 0.379 e. The van der Waals surface area contributed by atoms with Gasteiger partial charge in [-0.15, -0.1) is 0 Å². The summed E-state index contributed by atoms with van der Waals surface area (Å²) in [4.78, 5) is 4.62. The molecule has 28 heavy (non-hydrogen) atoms. The molecule has 2 N–H and O–H groups in total. The standard InChI is InChI=1S/C21H31N5O2/c1-2-22-21(23-11-6-13-28-20-10-14-27-17-20)24-12-9-18-15-25-26(16-18)19-7-4-3-5-8-19/h3-5,7-8,15-16,20H,2,6,9-14,17H2,1H3,(H2,22,23,24). The molecule has 1 aliphatic heterocycles. The molecule has 2 heterocycles. The van der Waals surface area contributed by atoms with Crippen LogP contribution in [0.3, 0.4) is 0 Å². The van der Waals surface area contributed by atoms with Gasteiger partial charge in [-0.25, -0.2) is 4.68 Å². The molecule has 3 rings (SSSR count). The van der Waals surface area contributed by atoms with E-state index in [1.54, 1.807) is 0 Å². The van der Waals surface area contributed by atoms with E-state index < -0.39 is 0 Å². The molecule has 1 saturated heterocycles. The molecule has 7 heteroatoms. The zero-order valence-corrected chi connectivity index (χ0v) is 16.6. The van der Waals surface area contributed by atoms with Crippen LogP contribution < -0.4 is 10.6 Å². The van der Waals surface area contributed by atoms with Gasteiger partial charge in [0.05, 0.1) is 24.6 Å². The number of nitrogens with one attached hydrogen (secondary N) is 2. The Bertz CT molecular complexity index is 711. The van der Waals surface area contributed by atoms with Crippen LogP contribution >= 0.6 is 0 Å². The Hall–Kier alpha value is -2.38. The van der Waals surface area contributed by atoms with Crippen LogP contribution in [0, 0.1) is 0 Å². The van der Waals surface area contributed by atoms with E-state index in [1.807, 2.05) is 29.1 Å². The molecule has 1 aromatic carbocycles. The Balaban J connectivity index is 1.37. The van der Waals surface area contributed by atoms with E-state index >= 15 is 0 Å². The number of aliphatic imine (C=N–C) groups is 1. The van der Waals surface area contributed by atoms with Gasteiger partial charge < -0.3 is 20.1 Å². The smallest absolute Gasteiger partial charge is 0.191 e. The summed E-state index contributed by atoms with van der Waals surface area (Å²) in [7, 11) is 0. The lowest BCUT2D eigenvalue weighted by molar-refractivity contribution is 0.0424. The number of hydrogen-bond acceptors (Lipinski definition) is 4. The maximum absolute atomic E-state index is 5.78. The number of benzene rings is 1. The van der Waals surface area contributed by atoms with Crippen molar-refractivity contribution in [3.63, 3.8) is 0 Å². The molecule has 0 radical (unpaired) electrons. The number of hydrogen-bond donors (Lipinski definition) is 2. The molecular weight excluding hydrogens is 354 g/mol. The number of rotatable bonds is 10. The highest BCUT2D eigenvalue weighted by molar-refractivity contribution is 5.79. The maximum atomic E-state index is 5.78. The third-order valence-electron chi connectivity index (χ3n) is 4.52. The summed E-state index contributed by atoms with van der Waals surface area (Å²) in [5, 5.41) is 11.1. The lowest BCUT2D eigenvalue weighted by Crippen LogP contribution is -2.38. The Morgan fingerprint density at radius 1 is 1.32 bits per heavy atom. The van der Waals surface area contributed by atoms with Gasteiger partial charge in [-0.05, 0) is 43.9 Å². The summed E-state index contributed by atoms with van der Waals surface area (Å²) >= 11 is 0. The summed E-state index contributed by atoms with van der Waals surface area (Å²) in [6, 6.07) is 10.1. The molecule has 7 nitrogen and oxygen atoms in total. The van der Waals surface area contributed by atoms with Gasteiger partial charge in [-0.1, -0.05) is 18.2 Å². The van der Waals surface area contributed by atoms with Gasteiger partial charge in [0.1, 0.15) is 0 Å². The minimum absolute atomic E-state index is 0.271. The Kier molecular flexibility index (Phi) is 8.33. The van der Waals surface area contributed by atoms with E-state index in [4.69, 9.17) is 9.47 Å². The lowest BCUT2D eigenvalue weighted by Gasteiger charge is -2.11. The number of nitrogens with zero attached hydrogens (tertiary/aromatic N) is 3. The minimum Gasteiger partial charge on any atom is -0.379 e. The van der Waals surface area contributed by atoms with Gasteiger partial charge in [-0.2, -0.15) is 5.10 Å². The normalized spacial score (nSPS) is 17.0. The van der Waals surface area contributed by atoms with Crippen LogP contribution in [0.5, 0.6) is 0 Å². The Morgan fingerprint density at radius 3 is 3.00 bits per heavy atom. The van der Waals surface area contributed by atoms with Crippen molar-refractivity contribution < 1.29 is 9.47 Å². The minimum atomic E-state index is 0.271. The highest BCUT2D eigenvalue weighted by atomic mass is 16.5. The zero-order valence-electron chi connectivity index (χ0n) is 16.6. The predicted molar refractivity (Wildman–Crippen MR) is 111 cm³/mol. The van der Waals surface area contributed by atoms with Crippen molar-refractivity contribution >= 4 is 5.96 Å². The van der Waals surface area contributed by atoms with Crippen LogP contribution in [0.2, 0.25) is 0 Å². The van der Waals surface area contributed by atoms with E-state index in [9.17, 15) is 0 Å². The van der Waals surface area contributed by atoms with E-state index in [-0.39, 0.29) is 6.10 Å². The third kappa shape index (κ3) is 6.65. The molecule has 2 aromatic rings. The number of aromatic nitrogens is 2. The van der Waals surface area contributed by atoms with E-state index in [2.05, 4.69) is 46.0 Å². The molecule has 0 saturated carbocycles. The van der Waals surface area contributed by atoms with Crippen LogP contribution in [0.15, 0.2) is 47.7 Å². The lowest BCUT2D eigenvalue weighted by atomic mass is 10.2. The monoisotopic (exact) mass is 385 g/mol. The van der Waals surface area contributed by atoms with Gasteiger partial charge in [-0.3, -0.25) is 4.99 Å². The molecule has 1 aromatic heterocycles. The summed E-state index contributed by atoms with van der Waals surface area (Å²) < 4.78 is 13.0. The van der Waals surface area contributed by atoms with E-state index in [0.717, 1.165) is 70.4 Å². The van der Waals surface area contributed by atoms with Crippen molar-refractivity contribution in [2.75, 3.05) is 39.5 Å². The first-order chi connectivity index (χ1) is 13.8. The molecule has 1 unspecified atom stereocenters. The third-order valence-corrected chi connectivity index (χ3v) is 4.52. The van der Waals surface area contributed by atoms with E-state index in [1.165, 1.54) is 5.56 Å². The fourth-order valence-corrected chi connectivity index (χ4v) is 3.03. The molecule has 1 aliphatic rings. The van der Waals surface area contributed by atoms with Crippen LogP contribution in [0.4, 0.5) is 0 Å². The summed E-state index contributed by atoms with van der Waals surface area (Å²) in [5.41, 5.74) is 2.27. The fraction of sp³-hybridized carbons (Fsp3) is 0.524. The highest BCUT2D eigenvalue weighted by Crippen LogP contribution is 2.08. The van der Waals surface area contributed by atoms with Crippen LogP contribution in [-0.2, 0) is 15.9 Å². The topological polar surface area (TPSA) is 72.7 Å². The maximum Gasteiger partial charge on any atom is 0.191 e. The quantitative estimate of drug-likeness (QED) is 0.373. The number of ether oxygens (including phenoxy) is 2. The average Bonchev–Trinajstić information content (AvgIpc) is 3.40. The first kappa shape index (κ1) is 20.4. The van der Waals surface area contributed by atoms with Crippen molar-refractivity contribution in [1.29, 1.82) is 0 Å². The van der Waals surface area contributed by atoms with Gasteiger partial charge in [0.25, 0.3) is 0 Å². The van der Waals surface area contributed by atoms with Gasteiger partial charge in [0, 0.05) is 39.0 Å². The fourth-order valence-electron chi connectivity index (χ4n) is 3.03. The molecule has 0 aliphatic carbocycles. The molecule has 0 bridgehead atoms. The Morgan fingerprint density at radius 2 is 2.21 bits per heavy atom. The second kappa shape index (κ2) is 11.5. The van der Waals surface area contributed by atoms with Crippen LogP contribution in [-0.4, -0.2) is 61.3 Å². The number of guanidine groups is 1. The summed E-state index contributed by atoms with van der Waals surface area (Å²) in [6.45, 7) is 6.75. The second-order valence-corrected chi connectivity index (χ2v) is 6.78. The van der Waals surface area contributed by atoms with Crippen molar-refractivity contribution in [2.24, 2.45) is 4.99 Å². The summed E-state index contributed by atoms with van der Waals surface area (Å²) in [5.74, 6) is 0.849. The van der Waals surface area contributed by atoms with Crippen molar-refractivity contribution in [2.45, 2.75) is 32.3 Å². The molecule has 1 atom stereocenters. The van der Waals surface area contributed by atoms with Gasteiger partial charge in [0.15, 0.2) is 5.96 Å². The van der Waals surface area contributed by atoms with Gasteiger partial charge in [0.2, 0.25) is 0 Å². The zero-order chi connectivity index (χ0) is 19.4. The number of para-hydroxylation sites is 1. The van der Waals surface area contributed by atoms with Crippen molar-refractivity contribution in [3.05, 3.63) is 48.3 Å². The Labute approximate surface area is 167 Å². The van der Waals surface area contributed by atoms with Crippen molar-refractivity contribution in [3.8, 4) is 5.69 Å². The van der Waals surface area contributed by atoms with Gasteiger partial charge >= 0.3 is 0 Å². The first-order valence-electron chi connectivity index (χ1n) is 10.2. The van der Waals surface area contributed by atoms with Crippen LogP contribution in [0.25, 0.3) is 5.69 Å². The highest BCUT2D eigenvalue weighted by Gasteiger charge is 2.15. The molecule has 152 valence electrons. The average molecular weight is 386 g/mol. The van der Waals surface area contributed by atoms with Crippen LogP contribution in [0.1, 0.15) is 25.3 Å².